The van der Waals surface area contributed by atoms with Crippen LogP contribution in [0.15, 0.2) is 0 Å². The molecule has 0 aliphatic heterocycles. The second-order valence-electron chi connectivity index (χ2n) is 6.57. The van der Waals surface area contributed by atoms with Crippen molar-refractivity contribution in [2.45, 2.75) is 59.5 Å². The molecule has 29 heavy (non-hydrogen) atoms. The number of nitrogens with two attached hydrogens (primary N) is 1. The molecular weight excluding hydrogens is 408 g/mol. The van der Waals surface area contributed by atoms with Crippen LogP contribution < -0.4 is 5.73 Å². The number of hydrogen-bond donors (Lipinski definition) is 1. The molecule has 2 N–H and O–H groups in total. The monoisotopic (exact) mass is 454 g/mol. The van der Waals surface area contributed by atoms with E-state index < -0.39 is 17.6 Å². The topological polar surface area (TPSA) is 84.6 Å². The van der Waals surface area contributed by atoms with Gasteiger partial charge in [-0.15, -0.1) is 0 Å². The lowest BCUT2D eigenvalue weighted by Crippen LogP contribution is -2.47. The molecular formula is C19H46N2O6Si2. The van der Waals surface area contributed by atoms with Crippen LogP contribution in [0.2, 0.25) is 12.1 Å². The second kappa shape index (κ2) is 17.8. The molecule has 176 valence electrons. The molecule has 0 aliphatic carbocycles. The Morgan fingerprint density at radius 3 is 1.34 bits per heavy atom. The van der Waals surface area contributed by atoms with Crippen molar-refractivity contribution in [2.24, 2.45) is 5.73 Å². The molecule has 0 saturated carbocycles. The fraction of sp³-hybridized carbons (Fsp3) is 1.00. The highest BCUT2D eigenvalue weighted by atomic mass is 28.4. The Bertz CT molecular complexity index is 360. The Morgan fingerprint density at radius 1 is 0.621 bits per heavy atom. The van der Waals surface area contributed by atoms with E-state index >= 15 is 0 Å². The summed E-state index contributed by atoms with van der Waals surface area (Å²) < 4.78 is 35.3. The fourth-order valence-electron chi connectivity index (χ4n) is 3.40. The van der Waals surface area contributed by atoms with E-state index in [0.717, 1.165) is 44.6 Å². The molecule has 0 aromatic carbocycles. The van der Waals surface area contributed by atoms with Crippen molar-refractivity contribution >= 4 is 17.6 Å². The third kappa shape index (κ3) is 11.9. The lowest BCUT2D eigenvalue weighted by atomic mass is 10.3. The lowest BCUT2D eigenvalue weighted by molar-refractivity contribution is 0.0699. The lowest BCUT2D eigenvalue weighted by Gasteiger charge is -2.30. The van der Waals surface area contributed by atoms with Crippen LogP contribution in [0.5, 0.6) is 0 Å². The Hall–Kier alpha value is 0.114. The molecule has 0 aromatic heterocycles. The minimum atomic E-state index is -2.58. The van der Waals surface area contributed by atoms with Gasteiger partial charge in [0.25, 0.3) is 0 Å². The average molecular weight is 455 g/mol. The van der Waals surface area contributed by atoms with Gasteiger partial charge in [0.1, 0.15) is 0 Å². The van der Waals surface area contributed by atoms with E-state index in [4.69, 9.17) is 32.3 Å². The Morgan fingerprint density at radius 2 is 1.00 bits per heavy atom. The van der Waals surface area contributed by atoms with E-state index in [2.05, 4.69) is 4.90 Å². The summed E-state index contributed by atoms with van der Waals surface area (Å²) in [5.41, 5.74) is 5.84. The number of rotatable bonds is 21. The molecule has 0 bridgehead atoms. The van der Waals surface area contributed by atoms with Crippen LogP contribution in [0.25, 0.3) is 0 Å². The van der Waals surface area contributed by atoms with E-state index in [1.165, 1.54) is 0 Å². The van der Waals surface area contributed by atoms with Crippen molar-refractivity contribution in [3.05, 3.63) is 0 Å². The minimum absolute atomic E-state index is 0.603. The van der Waals surface area contributed by atoms with Gasteiger partial charge in [-0.05, 0) is 60.5 Å². The van der Waals surface area contributed by atoms with Gasteiger partial charge in [0.05, 0.1) is 0 Å². The number of hydrogen-bond acceptors (Lipinski definition) is 8. The molecule has 0 spiro atoms. The molecule has 0 fully saturated rings. The molecule has 0 heterocycles. The van der Waals surface area contributed by atoms with Crippen LogP contribution >= 0.6 is 0 Å². The Kier molecular flexibility index (Phi) is 17.8. The predicted molar refractivity (Wildman–Crippen MR) is 121 cm³/mol. The van der Waals surface area contributed by atoms with Gasteiger partial charge in [-0.2, -0.15) is 0 Å². The summed E-state index contributed by atoms with van der Waals surface area (Å²) in [6, 6.07) is 1.63. The van der Waals surface area contributed by atoms with E-state index in [-0.39, 0.29) is 0 Å². The third-order valence-corrected chi connectivity index (χ3v) is 10.7. The Labute approximate surface area is 181 Å². The van der Waals surface area contributed by atoms with Crippen molar-refractivity contribution in [3.8, 4) is 0 Å². The standard InChI is InChI=1S/C19H46N2O6Si2/c1-7-23-28(22-6,24-8-2)18-12-15-21(17-14-20)16-13-19-29(25-9-3,26-10-4)27-11-5/h7-20H2,1-6H3. The molecule has 8 nitrogen and oxygen atoms in total. The molecule has 0 saturated heterocycles. The van der Waals surface area contributed by atoms with Crippen molar-refractivity contribution in [1.29, 1.82) is 0 Å². The Balaban J connectivity index is 4.69. The highest BCUT2D eigenvalue weighted by Gasteiger charge is 2.40. The van der Waals surface area contributed by atoms with Gasteiger partial charge >= 0.3 is 17.6 Å². The third-order valence-electron chi connectivity index (χ3n) is 4.49. The summed E-state index contributed by atoms with van der Waals surface area (Å²) in [6.45, 7) is 16.3. The molecule has 0 rings (SSSR count). The van der Waals surface area contributed by atoms with E-state index in [9.17, 15) is 0 Å². The first kappa shape index (κ1) is 29.1. The van der Waals surface area contributed by atoms with Crippen LogP contribution in [0, 0.1) is 0 Å². The van der Waals surface area contributed by atoms with Crippen LogP contribution in [-0.2, 0) is 26.6 Å². The largest absolute Gasteiger partial charge is 0.500 e. The van der Waals surface area contributed by atoms with Gasteiger partial charge in [0.2, 0.25) is 0 Å². The van der Waals surface area contributed by atoms with E-state index in [1.807, 2.05) is 34.6 Å². The normalized spacial score (nSPS) is 12.8. The zero-order valence-electron chi connectivity index (χ0n) is 19.7. The summed E-state index contributed by atoms with van der Waals surface area (Å²) in [6.07, 6.45) is 1.90. The van der Waals surface area contributed by atoms with E-state index in [1.54, 1.807) is 7.11 Å². The predicted octanol–water partition coefficient (Wildman–Crippen LogP) is 2.73. The van der Waals surface area contributed by atoms with Crippen molar-refractivity contribution in [2.75, 3.05) is 66.3 Å². The zero-order valence-corrected chi connectivity index (χ0v) is 21.7. The average Bonchev–Trinajstić information content (AvgIpc) is 2.69. The summed E-state index contributed by atoms with van der Waals surface area (Å²) >= 11 is 0. The molecule has 0 atom stereocenters. The highest BCUT2D eigenvalue weighted by Crippen LogP contribution is 2.20. The molecule has 0 radical (unpaired) electrons. The number of nitrogens with zero attached hydrogens (tertiary/aromatic N) is 1. The zero-order chi connectivity index (χ0) is 22.0. The van der Waals surface area contributed by atoms with Crippen LogP contribution in [0.1, 0.15) is 47.5 Å². The van der Waals surface area contributed by atoms with Gasteiger partial charge in [-0.1, -0.05) is 0 Å². The molecule has 0 aliphatic rings. The molecule has 0 unspecified atom stereocenters. The smallest absolute Gasteiger partial charge is 0.377 e. The summed E-state index contributed by atoms with van der Waals surface area (Å²) in [5.74, 6) is 0. The van der Waals surface area contributed by atoms with Crippen molar-refractivity contribution in [3.63, 3.8) is 0 Å². The molecule has 10 heteroatoms. The van der Waals surface area contributed by atoms with Gasteiger partial charge < -0.3 is 37.2 Å². The maximum Gasteiger partial charge on any atom is 0.500 e. The summed E-state index contributed by atoms with van der Waals surface area (Å²) in [5, 5.41) is 0. The van der Waals surface area contributed by atoms with Crippen molar-refractivity contribution < 1.29 is 26.6 Å². The minimum Gasteiger partial charge on any atom is -0.377 e. The van der Waals surface area contributed by atoms with Gasteiger partial charge in [0, 0.05) is 65.3 Å². The maximum absolute atomic E-state index is 5.95. The van der Waals surface area contributed by atoms with Crippen LogP contribution in [0.4, 0.5) is 0 Å². The highest BCUT2D eigenvalue weighted by molar-refractivity contribution is 6.61. The second-order valence-corrected chi connectivity index (χ2v) is 12.2. The van der Waals surface area contributed by atoms with Crippen molar-refractivity contribution in [1.82, 2.24) is 4.90 Å². The quantitative estimate of drug-likeness (QED) is 0.265. The van der Waals surface area contributed by atoms with E-state index in [0.29, 0.717) is 39.6 Å². The van der Waals surface area contributed by atoms with Gasteiger partial charge in [0.15, 0.2) is 0 Å². The summed E-state index contributed by atoms with van der Waals surface area (Å²) in [4.78, 5) is 2.38. The first-order valence-electron chi connectivity index (χ1n) is 11.2. The molecule has 0 aromatic rings. The first-order chi connectivity index (χ1) is 14.0. The van der Waals surface area contributed by atoms with Crippen LogP contribution in [0.3, 0.4) is 0 Å². The van der Waals surface area contributed by atoms with Gasteiger partial charge in [-0.3, -0.25) is 0 Å². The van der Waals surface area contributed by atoms with Gasteiger partial charge in [-0.25, -0.2) is 0 Å². The SMILES string of the molecule is CCO[Si](CCCN(CCN)CCC[Si](OCC)(OCC)OCC)(OC)OCC. The van der Waals surface area contributed by atoms with Crippen LogP contribution in [-0.4, -0.2) is 88.8 Å². The molecule has 0 amide bonds. The maximum atomic E-state index is 5.95. The fourth-order valence-corrected chi connectivity index (χ4v) is 8.28. The first-order valence-corrected chi connectivity index (χ1v) is 15.0. The summed E-state index contributed by atoms with van der Waals surface area (Å²) in [7, 11) is -3.46.